The maximum absolute atomic E-state index is 11.4. The Morgan fingerprint density at radius 3 is 2.31 bits per heavy atom. The Morgan fingerprint density at radius 1 is 1.25 bits per heavy atom. The molecule has 0 spiro atoms. The summed E-state index contributed by atoms with van der Waals surface area (Å²) in [5.74, 6) is -0.320. The van der Waals surface area contributed by atoms with Crippen LogP contribution in [0.25, 0.3) is 0 Å². The molecule has 6 nitrogen and oxygen atoms in total. The quantitative estimate of drug-likeness (QED) is 0.570. The molecule has 3 amide bonds. The molecule has 5 N–H and O–H groups in total. The minimum atomic E-state index is -0.786. The molecule has 6 heteroatoms. The summed E-state index contributed by atoms with van der Waals surface area (Å²) in [6.07, 6.45) is 4.09. The van der Waals surface area contributed by atoms with Gasteiger partial charge in [0, 0.05) is 18.1 Å². The number of carbonyl (C=O) groups is 2. The average molecular weight is 226 g/mol. The van der Waals surface area contributed by atoms with Crippen LogP contribution >= 0.6 is 0 Å². The molecule has 0 radical (unpaired) electrons. The van der Waals surface area contributed by atoms with E-state index in [0.29, 0.717) is 12.1 Å². The van der Waals surface area contributed by atoms with Crippen molar-refractivity contribution in [1.82, 2.24) is 10.2 Å². The summed E-state index contributed by atoms with van der Waals surface area (Å²) in [7, 11) is 0. The molecule has 2 unspecified atom stereocenters. The molecular formula is C10H18N4O2. The minimum absolute atomic E-state index is 0.255. The molecule has 0 aromatic rings. The fraction of sp³-hybridized carbons (Fsp3) is 0.800. The summed E-state index contributed by atoms with van der Waals surface area (Å²) in [5, 5.41) is 2.10. The Morgan fingerprint density at radius 2 is 1.81 bits per heavy atom. The number of primary amides is 1. The SMILES string of the molecule is NC(=O)NC(=O)CN1C2CCC1CC(N)C2. The summed E-state index contributed by atoms with van der Waals surface area (Å²) < 4.78 is 0. The molecule has 0 aliphatic carbocycles. The van der Waals surface area contributed by atoms with Gasteiger partial charge in [-0.1, -0.05) is 0 Å². The van der Waals surface area contributed by atoms with Crippen LogP contribution in [0.5, 0.6) is 0 Å². The number of nitrogens with one attached hydrogen (secondary N) is 1. The van der Waals surface area contributed by atoms with Gasteiger partial charge < -0.3 is 11.5 Å². The highest BCUT2D eigenvalue weighted by atomic mass is 16.2. The van der Waals surface area contributed by atoms with E-state index in [2.05, 4.69) is 10.2 Å². The molecule has 2 heterocycles. The molecule has 0 aromatic carbocycles. The monoisotopic (exact) mass is 226 g/mol. The molecule has 90 valence electrons. The number of nitrogens with zero attached hydrogens (tertiary/aromatic N) is 1. The van der Waals surface area contributed by atoms with Crippen LogP contribution in [0.2, 0.25) is 0 Å². The normalized spacial score (nSPS) is 33.7. The second-order valence-corrected chi connectivity index (χ2v) is 4.70. The van der Waals surface area contributed by atoms with Crippen LogP contribution in [-0.4, -0.2) is 41.5 Å². The fourth-order valence-corrected chi connectivity index (χ4v) is 2.92. The lowest BCUT2D eigenvalue weighted by Gasteiger charge is -2.36. The summed E-state index contributed by atoms with van der Waals surface area (Å²) in [6.45, 7) is 0.255. The van der Waals surface area contributed by atoms with Gasteiger partial charge in [0.15, 0.2) is 0 Å². The van der Waals surface area contributed by atoms with E-state index in [-0.39, 0.29) is 18.5 Å². The molecule has 0 aromatic heterocycles. The maximum atomic E-state index is 11.4. The lowest BCUT2D eigenvalue weighted by Crippen LogP contribution is -2.51. The number of piperidine rings is 1. The Balaban J connectivity index is 1.91. The van der Waals surface area contributed by atoms with Crippen LogP contribution in [0.15, 0.2) is 0 Å². The second kappa shape index (κ2) is 4.39. The van der Waals surface area contributed by atoms with E-state index in [4.69, 9.17) is 11.5 Å². The van der Waals surface area contributed by atoms with Crippen LogP contribution in [0, 0.1) is 0 Å². The van der Waals surface area contributed by atoms with Gasteiger partial charge in [-0.3, -0.25) is 15.0 Å². The number of hydrogen-bond acceptors (Lipinski definition) is 4. The lowest BCUT2D eigenvalue weighted by atomic mass is 9.98. The van der Waals surface area contributed by atoms with E-state index in [1.807, 2.05) is 0 Å². The largest absolute Gasteiger partial charge is 0.351 e. The molecule has 16 heavy (non-hydrogen) atoms. The summed E-state index contributed by atoms with van der Waals surface area (Å²) in [4.78, 5) is 24.1. The zero-order valence-corrected chi connectivity index (χ0v) is 9.19. The predicted octanol–water partition coefficient (Wildman–Crippen LogP) is -0.865. The Hall–Kier alpha value is -1.14. The van der Waals surface area contributed by atoms with E-state index in [1.165, 1.54) is 0 Å². The highest BCUT2D eigenvalue weighted by Crippen LogP contribution is 2.34. The van der Waals surface area contributed by atoms with E-state index >= 15 is 0 Å². The lowest BCUT2D eigenvalue weighted by molar-refractivity contribution is -0.122. The third-order valence-corrected chi connectivity index (χ3v) is 3.51. The first-order valence-corrected chi connectivity index (χ1v) is 5.67. The Bertz CT molecular complexity index is 293. The third-order valence-electron chi connectivity index (χ3n) is 3.51. The highest BCUT2D eigenvalue weighted by Gasteiger charge is 2.40. The smallest absolute Gasteiger partial charge is 0.318 e. The van der Waals surface area contributed by atoms with Crippen molar-refractivity contribution in [3.05, 3.63) is 0 Å². The standard InChI is InChI=1S/C10H18N4O2/c11-6-3-7-1-2-8(4-6)14(7)5-9(15)13-10(12)16/h6-8H,1-5,11H2,(H3,12,13,15,16). The number of urea groups is 1. The van der Waals surface area contributed by atoms with Crippen molar-refractivity contribution in [2.24, 2.45) is 11.5 Å². The van der Waals surface area contributed by atoms with E-state index < -0.39 is 6.03 Å². The topological polar surface area (TPSA) is 101 Å². The van der Waals surface area contributed by atoms with Crippen LogP contribution in [-0.2, 0) is 4.79 Å². The van der Waals surface area contributed by atoms with Gasteiger partial charge in [0.2, 0.25) is 5.91 Å². The predicted molar refractivity (Wildman–Crippen MR) is 58.5 cm³/mol. The minimum Gasteiger partial charge on any atom is -0.351 e. The van der Waals surface area contributed by atoms with Crippen molar-refractivity contribution in [2.45, 2.75) is 43.8 Å². The van der Waals surface area contributed by atoms with E-state index in [1.54, 1.807) is 0 Å². The number of amides is 3. The molecule has 2 saturated heterocycles. The van der Waals surface area contributed by atoms with Gasteiger partial charge in [-0.15, -0.1) is 0 Å². The number of fused-ring (bicyclic) bond motifs is 2. The van der Waals surface area contributed by atoms with Crippen molar-refractivity contribution in [2.75, 3.05) is 6.54 Å². The van der Waals surface area contributed by atoms with Crippen LogP contribution in [0.3, 0.4) is 0 Å². The zero-order valence-electron chi connectivity index (χ0n) is 9.19. The number of nitrogens with two attached hydrogens (primary N) is 2. The third kappa shape index (κ3) is 2.33. The highest BCUT2D eigenvalue weighted by molar-refractivity contribution is 5.94. The first-order valence-electron chi connectivity index (χ1n) is 5.67. The molecular weight excluding hydrogens is 208 g/mol. The van der Waals surface area contributed by atoms with Crippen molar-refractivity contribution >= 4 is 11.9 Å². The van der Waals surface area contributed by atoms with Gasteiger partial charge in [0.05, 0.1) is 6.54 Å². The summed E-state index contributed by atoms with van der Waals surface area (Å²) in [6, 6.07) is 0.263. The van der Waals surface area contributed by atoms with Crippen molar-refractivity contribution in [3.63, 3.8) is 0 Å². The molecule has 2 fully saturated rings. The maximum Gasteiger partial charge on any atom is 0.318 e. The van der Waals surface area contributed by atoms with Gasteiger partial charge in [-0.25, -0.2) is 4.79 Å². The van der Waals surface area contributed by atoms with Crippen LogP contribution in [0.4, 0.5) is 4.79 Å². The number of imide groups is 1. The Labute approximate surface area is 94.3 Å². The van der Waals surface area contributed by atoms with E-state index in [0.717, 1.165) is 25.7 Å². The zero-order chi connectivity index (χ0) is 11.7. The molecule has 2 rings (SSSR count). The first kappa shape index (κ1) is 11.3. The summed E-state index contributed by atoms with van der Waals surface area (Å²) in [5.41, 5.74) is 10.8. The fourth-order valence-electron chi connectivity index (χ4n) is 2.92. The Kier molecular flexibility index (Phi) is 3.11. The molecule has 0 saturated carbocycles. The van der Waals surface area contributed by atoms with Crippen molar-refractivity contribution in [1.29, 1.82) is 0 Å². The van der Waals surface area contributed by atoms with Gasteiger partial charge >= 0.3 is 6.03 Å². The molecule has 2 aliphatic heterocycles. The van der Waals surface area contributed by atoms with Gasteiger partial charge in [-0.05, 0) is 25.7 Å². The van der Waals surface area contributed by atoms with Gasteiger partial charge in [-0.2, -0.15) is 0 Å². The van der Waals surface area contributed by atoms with Gasteiger partial charge in [0.1, 0.15) is 0 Å². The first-order chi connectivity index (χ1) is 7.56. The number of carbonyl (C=O) groups excluding carboxylic acids is 2. The van der Waals surface area contributed by atoms with Crippen LogP contribution in [0.1, 0.15) is 25.7 Å². The molecule has 2 aliphatic rings. The molecule has 2 bridgehead atoms. The molecule has 2 atom stereocenters. The van der Waals surface area contributed by atoms with Crippen molar-refractivity contribution in [3.8, 4) is 0 Å². The van der Waals surface area contributed by atoms with Gasteiger partial charge in [0.25, 0.3) is 0 Å². The summed E-state index contributed by atoms with van der Waals surface area (Å²) >= 11 is 0. The second-order valence-electron chi connectivity index (χ2n) is 4.70. The van der Waals surface area contributed by atoms with E-state index in [9.17, 15) is 9.59 Å². The van der Waals surface area contributed by atoms with Crippen molar-refractivity contribution < 1.29 is 9.59 Å². The number of hydrogen-bond donors (Lipinski definition) is 3. The van der Waals surface area contributed by atoms with Crippen LogP contribution < -0.4 is 16.8 Å². The number of rotatable bonds is 2. The average Bonchev–Trinajstić information content (AvgIpc) is 2.43.